The Labute approximate surface area is 143 Å². The lowest BCUT2D eigenvalue weighted by Crippen LogP contribution is -2.49. The van der Waals surface area contributed by atoms with Gasteiger partial charge in [-0.1, -0.05) is 71.1 Å². The Balaban J connectivity index is 1.74. The summed E-state index contributed by atoms with van der Waals surface area (Å²) in [5.41, 5.74) is 6.56. The fourth-order valence-electron chi connectivity index (χ4n) is 5.93. The van der Waals surface area contributed by atoms with Gasteiger partial charge < -0.3 is 10.5 Å². The van der Waals surface area contributed by atoms with E-state index < -0.39 is 0 Å². The van der Waals surface area contributed by atoms with Gasteiger partial charge >= 0.3 is 0 Å². The molecule has 134 valence electrons. The van der Waals surface area contributed by atoms with Gasteiger partial charge in [-0.15, -0.1) is 0 Å². The van der Waals surface area contributed by atoms with E-state index >= 15 is 0 Å². The molecule has 2 heteroatoms. The lowest BCUT2D eigenvalue weighted by molar-refractivity contribution is -0.0943. The average molecular weight is 322 g/mol. The SMILES string of the molecule is CCCOC1C(C2CCCCC2)CC(N)CC1C1CCCCC1. The number of ether oxygens (including phenoxy) is 1. The molecule has 3 fully saturated rings. The van der Waals surface area contributed by atoms with Crippen LogP contribution in [0, 0.1) is 23.7 Å². The molecule has 23 heavy (non-hydrogen) atoms. The van der Waals surface area contributed by atoms with Gasteiger partial charge in [-0.2, -0.15) is 0 Å². The normalized spacial score (nSPS) is 37.8. The van der Waals surface area contributed by atoms with Gasteiger partial charge in [-0.05, 0) is 42.9 Å². The molecule has 3 rings (SSSR count). The summed E-state index contributed by atoms with van der Waals surface area (Å²) in [6.07, 6.45) is 18.5. The molecule has 0 aromatic rings. The van der Waals surface area contributed by atoms with Crippen molar-refractivity contribution in [2.24, 2.45) is 29.4 Å². The Morgan fingerprint density at radius 2 is 1.26 bits per heavy atom. The molecule has 0 aromatic carbocycles. The fourth-order valence-corrected chi connectivity index (χ4v) is 5.93. The Morgan fingerprint density at radius 3 is 1.70 bits per heavy atom. The molecule has 0 radical (unpaired) electrons. The standard InChI is InChI=1S/C21H39NO/c1-2-13-23-21-19(16-9-5-3-6-10-16)14-18(22)15-20(21)17-11-7-4-8-12-17/h16-21H,2-15,22H2,1H3. The van der Waals surface area contributed by atoms with Crippen molar-refractivity contribution in [1.29, 1.82) is 0 Å². The number of hydrogen-bond donors (Lipinski definition) is 1. The first-order chi connectivity index (χ1) is 11.3. The topological polar surface area (TPSA) is 35.2 Å². The Morgan fingerprint density at radius 1 is 0.783 bits per heavy atom. The fraction of sp³-hybridized carbons (Fsp3) is 1.00. The van der Waals surface area contributed by atoms with Crippen molar-refractivity contribution in [2.45, 2.75) is 103 Å². The van der Waals surface area contributed by atoms with Crippen LogP contribution in [0.1, 0.15) is 90.4 Å². The summed E-state index contributed by atoms with van der Waals surface area (Å²) in [7, 11) is 0. The molecule has 3 aliphatic rings. The van der Waals surface area contributed by atoms with Gasteiger partial charge in [-0.25, -0.2) is 0 Å². The van der Waals surface area contributed by atoms with E-state index in [9.17, 15) is 0 Å². The van der Waals surface area contributed by atoms with Crippen molar-refractivity contribution in [3.05, 3.63) is 0 Å². The Bertz CT molecular complexity index is 305. The molecule has 0 heterocycles. The summed E-state index contributed by atoms with van der Waals surface area (Å²) >= 11 is 0. The quantitative estimate of drug-likeness (QED) is 0.746. The van der Waals surface area contributed by atoms with Gasteiger partial charge in [0.25, 0.3) is 0 Å². The molecule has 0 saturated heterocycles. The maximum absolute atomic E-state index is 6.56. The summed E-state index contributed by atoms with van der Waals surface area (Å²) in [4.78, 5) is 0. The van der Waals surface area contributed by atoms with Crippen molar-refractivity contribution in [1.82, 2.24) is 0 Å². The zero-order valence-corrected chi connectivity index (χ0v) is 15.3. The van der Waals surface area contributed by atoms with Gasteiger partial charge in [0.15, 0.2) is 0 Å². The van der Waals surface area contributed by atoms with Gasteiger partial charge in [-0.3, -0.25) is 0 Å². The molecule has 3 aliphatic carbocycles. The first kappa shape index (κ1) is 17.7. The molecular formula is C21H39NO. The van der Waals surface area contributed by atoms with Crippen LogP contribution in [0.3, 0.4) is 0 Å². The van der Waals surface area contributed by atoms with Crippen LogP contribution in [0.15, 0.2) is 0 Å². The monoisotopic (exact) mass is 321 g/mol. The third kappa shape index (κ3) is 4.51. The summed E-state index contributed by atoms with van der Waals surface area (Å²) < 4.78 is 6.56. The highest BCUT2D eigenvalue weighted by Gasteiger charge is 2.44. The lowest BCUT2D eigenvalue weighted by Gasteiger charge is -2.48. The second-order valence-corrected chi connectivity index (χ2v) is 8.69. The van der Waals surface area contributed by atoms with Crippen LogP contribution in [-0.2, 0) is 4.74 Å². The minimum absolute atomic E-state index is 0.426. The minimum atomic E-state index is 0.426. The van der Waals surface area contributed by atoms with Crippen LogP contribution in [-0.4, -0.2) is 18.8 Å². The first-order valence-corrected chi connectivity index (χ1v) is 10.7. The minimum Gasteiger partial charge on any atom is -0.378 e. The van der Waals surface area contributed by atoms with Crippen LogP contribution in [0.2, 0.25) is 0 Å². The summed E-state index contributed by atoms with van der Waals surface area (Å²) in [6.45, 7) is 3.20. The maximum Gasteiger partial charge on any atom is 0.0637 e. The van der Waals surface area contributed by atoms with E-state index in [-0.39, 0.29) is 0 Å². The number of hydrogen-bond acceptors (Lipinski definition) is 2. The van der Waals surface area contributed by atoms with E-state index in [1.807, 2.05) is 0 Å². The van der Waals surface area contributed by atoms with Crippen LogP contribution in [0.25, 0.3) is 0 Å². The predicted octanol–water partition coefficient (Wildman–Crippen LogP) is 5.30. The second kappa shape index (κ2) is 8.85. The van der Waals surface area contributed by atoms with E-state index in [4.69, 9.17) is 10.5 Å². The molecule has 2 nitrogen and oxygen atoms in total. The molecule has 2 unspecified atom stereocenters. The van der Waals surface area contributed by atoms with Gasteiger partial charge in [0.05, 0.1) is 6.10 Å². The van der Waals surface area contributed by atoms with Gasteiger partial charge in [0, 0.05) is 12.6 Å². The van der Waals surface area contributed by atoms with Crippen molar-refractivity contribution < 1.29 is 4.74 Å². The molecule has 0 amide bonds. The summed E-state index contributed by atoms with van der Waals surface area (Å²) in [6, 6.07) is 0.426. The van der Waals surface area contributed by atoms with Crippen LogP contribution >= 0.6 is 0 Å². The molecule has 0 spiro atoms. The first-order valence-electron chi connectivity index (χ1n) is 10.7. The van der Waals surface area contributed by atoms with E-state index in [0.29, 0.717) is 12.1 Å². The molecule has 0 aromatic heterocycles. The van der Waals surface area contributed by atoms with E-state index in [1.165, 1.54) is 77.0 Å². The highest BCUT2D eigenvalue weighted by Crippen LogP contribution is 2.46. The lowest BCUT2D eigenvalue weighted by atomic mass is 9.62. The number of rotatable bonds is 5. The van der Waals surface area contributed by atoms with Crippen molar-refractivity contribution in [3.63, 3.8) is 0 Å². The van der Waals surface area contributed by atoms with Crippen molar-refractivity contribution in [3.8, 4) is 0 Å². The molecule has 0 aliphatic heterocycles. The van der Waals surface area contributed by atoms with Crippen LogP contribution < -0.4 is 5.73 Å². The predicted molar refractivity (Wildman–Crippen MR) is 97.4 cm³/mol. The largest absolute Gasteiger partial charge is 0.378 e. The molecule has 2 N–H and O–H groups in total. The zero-order valence-electron chi connectivity index (χ0n) is 15.3. The Hall–Kier alpha value is -0.0800. The summed E-state index contributed by atoms with van der Waals surface area (Å²) in [5, 5.41) is 0. The highest BCUT2D eigenvalue weighted by molar-refractivity contribution is 4.95. The zero-order chi connectivity index (χ0) is 16.1. The van der Waals surface area contributed by atoms with Crippen molar-refractivity contribution in [2.75, 3.05) is 6.61 Å². The number of nitrogens with two attached hydrogens (primary N) is 1. The van der Waals surface area contributed by atoms with Crippen molar-refractivity contribution >= 4 is 0 Å². The second-order valence-electron chi connectivity index (χ2n) is 8.69. The molecule has 0 bridgehead atoms. The van der Waals surface area contributed by atoms with E-state index in [1.54, 1.807) is 0 Å². The maximum atomic E-state index is 6.56. The Kier molecular flexibility index (Phi) is 6.83. The van der Waals surface area contributed by atoms with E-state index in [0.717, 1.165) is 36.7 Å². The summed E-state index contributed by atoms with van der Waals surface area (Å²) in [5.74, 6) is 3.28. The molecular weight excluding hydrogens is 282 g/mol. The molecule has 2 atom stereocenters. The average Bonchev–Trinajstić information content (AvgIpc) is 2.61. The third-order valence-corrected chi connectivity index (χ3v) is 7.02. The van der Waals surface area contributed by atoms with Crippen LogP contribution in [0.4, 0.5) is 0 Å². The van der Waals surface area contributed by atoms with Gasteiger partial charge in [0.2, 0.25) is 0 Å². The third-order valence-electron chi connectivity index (χ3n) is 7.02. The van der Waals surface area contributed by atoms with Gasteiger partial charge in [0.1, 0.15) is 0 Å². The van der Waals surface area contributed by atoms with Crippen LogP contribution in [0.5, 0.6) is 0 Å². The van der Waals surface area contributed by atoms with E-state index in [2.05, 4.69) is 6.92 Å². The highest BCUT2D eigenvalue weighted by atomic mass is 16.5. The smallest absolute Gasteiger partial charge is 0.0637 e. The molecule has 3 saturated carbocycles.